The highest BCUT2D eigenvalue weighted by Gasteiger charge is 2.27. The first-order valence-electron chi connectivity index (χ1n) is 6.91. The summed E-state index contributed by atoms with van der Waals surface area (Å²) < 4.78 is 5.70. The van der Waals surface area contributed by atoms with Crippen molar-refractivity contribution in [2.45, 2.75) is 38.6 Å². The fourth-order valence-electron chi connectivity index (χ4n) is 2.36. The third-order valence-electron chi connectivity index (χ3n) is 3.70. The van der Waals surface area contributed by atoms with Gasteiger partial charge in [0.1, 0.15) is 5.52 Å². The van der Waals surface area contributed by atoms with Crippen LogP contribution in [0.2, 0.25) is 0 Å². The maximum Gasteiger partial charge on any atom is 0.195 e. The Bertz CT molecular complexity index is 483. The van der Waals surface area contributed by atoms with Crippen LogP contribution in [0.4, 0.5) is 0 Å². The molecule has 96 valence electrons. The Morgan fingerprint density at radius 2 is 2.22 bits per heavy atom. The van der Waals surface area contributed by atoms with Crippen LogP contribution in [0.1, 0.15) is 32.1 Å². The monoisotopic (exact) mass is 244 g/mol. The van der Waals surface area contributed by atoms with Crippen molar-refractivity contribution in [1.29, 1.82) is 0 Å². The summed E-state index contributed by atoms with van der Waals surface area (Å²) in [4.78, 5) is 4.48. The summed E-state index contributed by atoms with van der Waals surface area (Å²) in [6.45, 7) is 3.34. The second-order valence-electron chi connectivity index (χ2n) is 5.26. The molecule has 1 saturated carbocycles. The van der Waals surface area contributed by atoms with Crippen LogP contribution in [0.5, 0.6) is 0 Å². The molecule has 1 unspecified atom stereocenters. The van der Waals surface area contributed by atoms with Crippen LogP contribution in [0.15, 0.2) is 28.7 Å². The summed E-state index contributed by atoms with van der Waals surface area (Å²) in [6.07, 6.45) is 4.81. The molecule has 0 bridgehead atoms. The van der Waals surface area contributed by atoms with Crippen LogP contribution in [0, 0.1) is 5.92 Å². The van der Waals surface area contributed by atoms with Crippen molar-refractivity contribution >= 4 is 11.1 Å². The minimum absolute atomic E-state index is 0.675. The average Bonchev–Trinajstić information content (AvgIpc) is 3.14. The van der Waals surface area contributed by atoms with Crippen molar-refractivity contribution in [2.75, 3.05) is 6.54 Å². The average molecular weight is 244 g/mol. The lowest BCUT2D eigenvalue weighted by Gasteiger charge is -2.11. The summed E-state index contributed by atoms with van der Waals surface area (Å²) in [6, 6.07) is 8.62. The molecule has 1 atom stereocenters. The van der Waals surface area contributed by atoms with Gasteiger partial charge in [-0.3, -0.25) is 0 Å². The van der Waals surface area contributed by atoms with Crippen LogP contribution >= 0.6 is 0 Å². The number of benzene rings is 1. The zero-order chi connectivity index (χ0) is 12.4. The maximum absolute atomic E-state index is 5.70. The minimum atomic E-state index is 0.675. The number of para-hydroxylation sites is 2. The fourth-order valence-corrected chi connectivity index (χ4v) is 2.36. The van der Waals surface area contributed by atoms with Crippen molar-refractivity contribution in [3.8, 4) is 0 Å². The molecule has 0 spiro atoms. The first-order valence-corrected chi connectivity index (χ1v) is 6.91. The van der Waals surface area contributed by atoms with Crippen molar-refractivity contribution < 1.29 is 4.42 Å². The number of oxazole rings is 1. The Hall–Kier alpha value is -1.35. The molecular weight excluding hydrogens is 224 g/mol. The molecule has 1 fully saturated rings. The quantitative estimate of drug-likeness (QED) is 0.793. The van der Waals surface area contributed by atoms with Crippen molar-refractivity contribution in [1.82, 2.24) is 10.3 Å². The van der Waals surface area contributed by atoms with Gasteiger partial charge in [0.2, 0.25) is 0 Å². The van der Waals surface area contributed by atoms with E-state index in [-0.39, 0.29) is 0 Å². The number of nitrogens with zero attached hydrogens (tertiary/aromatic N) is 1. The predicted octanol–water partition coefficient (Wildman–Crippen LogP) is 3.15. The fraction of sp³-hybridized carbons (Fsp3) is 0.533. The summed E-state index contributed by atoms with van der Waals surface area (Å²) in [5.74, 6) is 1.78. The molecule has 3 heteroatoms. The summed E-state index contributed by atoms with van der Waals surface area (Å²) in [5, 5.41) is 3.58. The van der Waals surface area contributed by atoms with E-state index in [1.807, 2.05) is 24.3 Å². The van der Waals surface area contributed by atoms with Gasteiger partial charge in [0, 0.05) is 12.5 Å². The van der Waals surface area contributed by atoms with E-state index < -0.39 is 0 Å². The number of nitrogens with one attached hydrogen (secondary N) is 1. The number of hydrogen-bond acceptors (Lipinski definition) is 3. The predicted molar refractivity (Wildman–Crippen MR) is 72.5 cm³/mol. The molecule has 1 aliphatic carbocycles. The Kier molecular flexibility index (Phi) is 3.33. The third-order valence-corrected chi connectivity index (χ3v) is 3.70. The molecular formula is C15H20N2O. The van der Waals surface area contributed by atoms with Gasteiger partial charge in [-0.05, 0) is 50.8 Å². The highest BCUT2D eigenvalue weighted by Crippen LogP contribution is 2.32. The second kappa shape index (κ2) is 5.11. The lowest BCUT2D eigenvalue weighted by atomic mass is 10.2. The molecule has 1 N–H and O–H groups in total. The normalized spacial score (nSPS) is 17.2. The standard InChI is InChI=1S/C15H20N2O/c1-11(12-8-9-12)16-10-4-7-15-17-13-5-2-3-6-14(13)18-15/h2-3,5-6,11-12,16H,4,7-10H2,1H3. The van der Waals surface area contributed by atoms with Gasteiger partial charge in [-0.2, -0.15) is 0 Å². The number of fused-ring (bicyclic) bond motifs is 1. The largest absolute Gasteiger partial charge is 0.441 e. The topological polar surface area (TPSA) is 38.1 Å². The van der Waals surface area contributed by atoms with Gasteiger partial charge in [-0.1, -0.05) is 12.1 Å². The Labute approximate surface area is 108 Å². The molecule has 18 heavy (non-hydrogen) atoms. The minimum Gasteiger partial charge on any atom is -0.441 e. The van der Waals surface area contributed by atoms with Gasteiger partial charge in [-0.15, -0.1) is 0 Å². The molecule has 0 aliphatic heterocycles. The number of aryl methyl sites for hydroxylation is 1. The van der Waals surface area contributed by atoms with E-state index >= 15 is 0 Å². The van der Waals surface area contributed by atoms with Crippen molar-refractivity contribution in [3.63, 3.8) is 0 Å². The molecule has 0 saturated heterocycles. The molecule has 1 aromatic carbocycles. The van der Waals surface area contributed by atoms with E-state index in [0.29, 0.717) is 6.04 Å². The molecule has 3 rings (SSSR count). The smallest absolute Gasteiger partial charge is 0.195 e. The van der Waals surface area contributed by atoms with Crippen LogP contribution in [0.3, 0.4) is 0 Å². The third kappa shape index (κ3) is 2.72. The lowest BCUT2D eigenvalue weighted by Crippen LogP contribution is -2.28. The van der Waals surface area contributed by atoms with E-state index in [1.54, 1.807) is 0 Å². The Balaban J connectivity index is 1.47. The van der Waals surface area contributed by atoms with Gasteiger partial charge in [0.25, 0.3) is 0 Å². The molecule has 0 radical (unpaired) electrons. The maximum atomic E-state index is 5.70. The molecule has 1 heterocycles. The highest BCUT2D eigenvalue weighted by molar-refractivity contribution is 5.72. The zero-order valence-corrected chi connectivity index (χ0v) is 10.9. The first-order chi connectivity index (χ1) is 8.83. The summed E-state index contributed by atoms with van der Waals surface area (Å²) >= 11 is 0. The summed E-state index contributed by atoms with van der Waals surface area (Å²) in [7, 11) is 0. The zero-order valence-electron chi connectivity index (χ0n) is 10.9. The van der Waals surface area contributed by atoms with Gasteiger partial charge >= 0.3 is 0 Å². The lowest BCUT2D eigenvalue weighted by molar-refractivity contribution is 0.469. The van der Waals surface area contributed by atoms with E-state index in [2.05, 4.69) is 17.2 Å². The van der Waals surface area contributed by atoms with Gasteiger partial charge in [0.05, 0.1) is 0 Å². The number of aromatic nitrogens is 1. The SMILES string of the molecule is CC(NCCCc1nc2ccccc2o1)C1CC1. The van der Waals surface area contributed by atoms with E-state index in [4.69, 9.17) is 4.42 Å². The van der Waals surface area contributed by atoms with Gasteiger partial charge < -0.3 is 9.73 Å². The molecule has 2 aromatic rings. The molecule has 3 nitrogen and oxygen atoms in total. The first kappa shape index (κ1) is 11.7. The Morgan fingerprint density at radius 1 is 1.39 bits per heavy atom. The van der Waals surface area contributed by atoms with E-state index in [9.17, 15) is 0 Å². The van der Waals surface area contributed by atoms with Crippen LogP contribution < -0.4 is 5.32 Å². The molecule has 1 aliphatic rings. The van der Waals surface area contributed by atoms with Gasteiger partial charge in [-0.25, -0.2) is 4.98 Å². The van der Waals surface area contributed by atoms with Gasteiger partial charge in [0.15, 0.2) is 11.5 Å². The molecule has 1 aromatic heterocycles. The van der Waals surface area contributed by atoms with Crippen LogP contribution in [-0.4, -0.2) is 17.6 Å². The highest BCUT2D eigenvalue weighted by atomic mass is 16.3. The van der Waals surface area contributed by atoms with Crippen molar-refractivity contribution in [2.24, 2.45) is 5.92 Å². The van der Waals surface area contributed by atoms with E-state index in [1.165, 1.54) is 12.8 Å². The van der Waals surface area contributed by atoms with Crippen molar-refractivity contribution in [3.05, 3.63) is 30.2 Å². The second-order valence-corrected chi connectivity index (χ2v) is 5.26. The van der Waals surface area contributed by atoms with Crippen LogP contribution in [0.25, 0.3) is 11.1 Å². The molecule has 0 amide bonds. The van der Waals surface area contributed by atoms with Crippen LogP contribution in [-0.2, 0) is 6.42 Å². The number of hydrogen-bond donors (Lipinski definition) is 1. The Morgan fingerprint density at radius 3 is 3.00 bits per heavy atom. The van der Waals surface area contributed by atoms with E-state index in [0.717, 1.165) is 42.3 Å². The number of rotatable bonds is 6. The summed E-state index contributed by atoms with van der Waals surface area (Å²) in [5.41, 5.74) is 1.86.